The third kappa shape index (κ3) is 4.97. The molecule has 2 aromatic carbocycles. The number of hydrogen-bond donors (Lipinski definition) is 2. The van der Waals surface area contributed by atoms with Crippen LogP contribution in [-0.2, 0) is 11.2 Å². The summed E-state index contributed by atoms with van der Waals surface area (Å²) in [6, 6.07) is 14.3. The first-order chi connectivity index (χ1) is 12.0. The third-order valence-electron chi connectivity index (χ3n) is 3.66. The predicted molar refractivity (Wildman–Crippen MR) is 94.5 cm³/mol. The lowest BCUT2D eigenvalue weighted by molar-refractivity contribution is -0.128. The monoisotopic (exact) mass is 342 g/mol. The quantitative estimate of drug-likeness (QED) is 0.791. The molecule has 0 saturated carbocycles. The molecule has 2 N–H and O–H groups in total. The fourth-order valence-electron chi connectivity index (χ4n) is 2.18. The lowest BCUT2D eigenvalue weighted by Crippen LogP contribution is -2.47. The summed E-state index contributed by atoms with van der Waals surface area (Å²) in [5.74, 6) is 0.0959. The second-order valence-electron chi connectivity index (χ2n) is 5.40. The Balaban J connectivity index is 1.89. The highest BCUT2D eigenvalue weighted by atomic mass is 16.5. The van der Waals surface area contributed by atoms with Crippen molar-refractivity contribution in [3.05, 3.63) is 59.7 Å². The lowest BCUT2D eigenvalue weighted by atomic mass is 10.2. The van der Waals surface area contributed by atoms with E-state index in [9.17, 15) is 9.59 Å². The van der Waals surface area contributed by atoms with Crippen LogP contribution >= 0.6 is 0 Å². The van der Waals surface area contributed by atoms with Crippen molar-refractivity contribution in [3.8, 4) is 11.5 Å². The zero-order chi connectivity index (χ0) is 18.2. The summed E-state index contributed by atoms with van der Waals surface area (Å²) in [6.07, 6.45) is 0.177. The van der Waals surface area contributed by atoms with Gasteiger partial charge >= 0.3 is 0 Å². The van der Waals surface area contributed by atoms with E-state index in [1.807, 2.05) is 24.3 Å². The Morgan fingerprint density at radius 3 is 2.36 bits per heavy atom. The van der Waals surface area contributed by atoms with E-state index in [1.165, 1.54) is 12.7 Å². The molecule has 25 heavy (non-hydrogen) atoms. The van der Waals surface area contributed by atoms with E-state index < -0.39 is 17.9 Å². The minimum Gasteiger partial charge on any atom is -0.496 e. The van der Waals surface area contributed by atoms with Crippen molar-refractivity contribution in [2.75, 3.05) is 7.11 Å². The van der Waals surface area contributed by atoms with Crippen LogP contribution in [0, 0.1) is 0 Å². The van der Waals surface area contributed by atoms with Crippen LogP contribution in [0.1, 0.15) is 29.8 Å². The van der Waals surface area contributed by atoms with Crippen molar-refractivity contribution < 1.29 is 19.1 Å². The molecule has 0 radical (unpaired) electrons. The average molecular weight is 342 g/mol. The molecule has 0 aliphatic carbocycles. The van der Waals surface area contributed by atoms with E-state index >= 15 is 0 Å². The Morgan fingerprint density at radius 1 is 1.04 bits per heavy atom. The fourth-order valence-corrected chi connectivity index (χ4v) is 2.18. The zero-order valence-corrected chi connectivity index (χ0v) is 14.5. The first-order valence-corrected chi connectivity index (χ1v) is 8.04. The molecule has 0 spiro atoms. The summed E-state index contributed by atoms with van der Waals surface area (Å²) < 4.78 is 10.7. The standard InChI is InChI=1S/C19H22N2O4/c1-4-14-9-11-15(12-10-14)25-13(2)18(22)20-21-19(23)16-7-5-6-8-17(16)24-3/h5-13H,4H2,1-3H3,(H,20,22)(H,21,23)/t13-/m0/s1. The number of ether oxygens (including phenoxy) is 2. The molecule has 6 heteroatoms. The van der Waals surface area contributed by atoms with Gasteiger partial charge in [0.1, 0.15) is 11.5 Å². The van der Waals surface area contributed by atoms with E-state index in [1.54, 1.807) is 31.2 Å². The van der Waals surface area contributed by atoms with Crippen molar-refractivity contribution >= 4 is 11.8 Å². The summed E-state index contributed by atoms with van der Waals surface area (Å²) in [4.78, 5) is 24.2. The van der Waals surface area contributed by atoms with Crippen molar-refractivity contribution in [2.45, 2.75) is 26.4 Å². The molecule has 132 valence electrons. The van der Waals surface area contributed by atoms with Crippen LogP contribution in [-0.4, -0.2) is 25.0 Å². The maximum Gasteiger partial charge on any atom is 0.279 e. The van der Waals surface area contributed by atoms with Gasteiger partial charge in [0.05, 0.1) is 12.7 Å². The number of methoxy groups -OCH3 is 1. The van der Waals surface area contributed by atoms with Gasteiger partial charge in [-0.15, -0.1) is 0 Å². The fraction of sp³-hybridized carbons (Fsp3) is 0.263. The Labute approximate surface area is 147 Å². The SMILES string of the molecule is CCc1ccc(O[C@@H](C)C(=O)NNC(=O)c2ccccc2OC)cc1. The van der Waals surface area contributed by atoms with E-state index in [0.29, 0.717) is 17.1 Å². The molecular formula is C19H22N2O4. The number of carbonyl (C=O) groups is 2. The largest absolute Gasteiger partial charge is 0.496 e. The second-order valence-corrected chi connectivity index (χ2v) is 5.40. The van der Waals surface area contributed by atoms with Gasteiger partial charge in [0, 0.05) is 0 Å². The highest BCUT2D eigenvalue weighted by Gasteiger charge is 2.17. The Hall–Kier alpha value is -3.02. The van der Waals surface area contributed by atoms with Crippen molar-refractivity contribution in [1.82, 2.24) is 10.9 Å². The average Bonchev–Trinajstić information content (AvgIpc) is 2.66. The molecule has 2 rings (SSSR count). The number of carbonyl (C=O) groups excluding carboxylic acids is 2. The van der Waals surface area contributed by atoms with Gasteiger partial charge in [0.2, 0.25) is 0 Å². The van der Waals surface area contributed by atoms with Crippen molar-refractivity contribution in [3.63, 3.8) is 0 Å². The van der Waals surface area contributed by atoms with Crippen LogP contribution in [0.25, 0.3) is 0 Å². The van der Waals surface area contributed by atoms with E-state index in [0.717, 1.165) is 6.42 Å². The van der Waals surface area contributed by atoms with Crippen molar-refractivity contribution in [2.24, 2.45) is 0 Å². The Bertz CT molecular complexity index is 728. The summed E-state index contributed by atoms with van der Waals surface area (Å²) in [6.45, 7) is 3.68. The lowest BCUT2D eigenvalue weighted by Gasteiger charge is -2.16. The number of benzene rings is 2. The second kappa shape index (κ2) is 8.73. The van der Waals surface area contributed by atoms with Crippen LogP contribution in [0.4, 0.5) is 0 Å². The summed E-state index contributed by atoms with van der Waals surface area (Å²) >= 11 is 0. The number of nitrogens with one attached hydrogen (secondary N) is 2. The van der Waals surface area contributed by atoms with Gasteiger partial charge in [-0.25, -0.2) is 0 Å². The van der Waals surface area contributed by atoms with Crippen LogP contribution < -0.4 is 20.3 Å². The zero-order valence-electron chi connectivity index (χ0n) is 14.5. The maximum atomic E-state index is 12.1. The highest BCUT2D eigenvalue weighted by molar-refractivity contribution is 5.98. The van der Waals surface area contributed by atoms with Gasteiger partial charge < -0.3 is 9.47 Å². The maximum absolute atomic E-state index is 12.1. The summed E-state index contributed by atoms with van der Waals surface area (Å²) in [7, 11) is 1.48. The molecule has 0 fully saturated rings. The molecule has 6 nitrogen and oxygen atoms in total. The van der Waals surface area contributed by atoms with E-state index in [-0.39, 0.29) is 0 Å². The van der Waals surface area contributed by atoms with Crippen LogP contribution in [0.3, 0.4) is 0 Å². The first-order valence-electron chi connectivity index (χ1n) is 8.04. The van der Waals surface area contributed by atoms with Crippen molar-refractivity contribution in [1.29, 1.82) is 0 Å². The molecule has 0 unspecified atom stereocenters. The topological polar surface area (TPSA) is 76.7 Å². The number of rotatable bonds is 6. The third-order valence-corrected chi connectivity index (χ3v) is 3.66. The first kappa shape index (κ1) is 18.3. The van der Waals surface area contributed by atoms with Gasteiger partial charge in [0.25, 0.3) is 11.8 Å². The number of hydrogen-bond acceptors (Lipinski definition) is 4. The van der Waals surface area contributed by atoms with Gasteiger partial charge in [0.15, 0.2) is 6.10 Å². The van der Waals surface area contributed by atoms with Crippen LogP contribution in [0.5, 0.6) is 11.5 Å². The molecule has 0 saturated heterocycles. The Kier molecular flexibility index (Phi) is 6.39. The van der Waals surface area contributed by atoms with Gasteiger partial charge in [-0.1, -0.05) is 31.2 Å². The molecule has 0 aromatic heterocycles. The smallest absolute Gasteiger partial charge is 0.279 e. The molecule has 0 bridgehead atoms. The van der Waals surface area contributed by atoms with Gasteiger partial charge in [-0.3, -0.25) is 20.4 Å². The number of para-hydroxylation sites is 1. The molecule has 0 aliphatic rings. The Morgan fingerprint density at radius 2 is 1.72 bits per heavy atom. The molecule has 1 atom stereocenters. The minimum atomic E-state index is -0.759. The normalized spacial score (nSPS) is 11.3. The number of hydrazine groups is 1. The molecule has 0 heterocycles. The van der Waals surface area contributed by atoms with E-state index in [2.05, 4.69) is 17.8 Å². The van der Waals surface area contributed by atoms with Crippen LogP contribution in [0.2, 0.25) is 0 Å². The molecular weight excluding hydrogens is 320 g/mol. The van der Waals surface area contributed by atoms with Crippen LogP contribution in [0.15, 0.2) is 48.5 Å². The number of amides is 2. The minimum absolute atomic E-state index is 0.328. The van der Waals surface area contributed by atoms with Gasteiger partial charge in [-0.05, 0) is 43.2 Å². The van der Waals surface area contributed by atoms with Gasteiger partial charge in [-0.2, -0.15) is 0 Å². The summed E-state index contributed by atoms with van der Waals surface area (Å²) in [5.41, 5.74) is 6.23. The molecule has 2 aromatic rings. The highest BCUT2D eigenvalue weighted by Crippen LogP contribution is 2.17. The van der Waals surface area contributed by atoms with E-state index in [4.69, 9.17) is 9.47 Å². The summed E-state index contributed by atoms with van der Waals surface area (Å²) in [5, 5.41) is 0. The molecule has 0 aliphatic heterocycles. The number of aryl methyl sites for hydroxylation is 1. The predicted octanol–water partition coefficient (Wildman–Crippen LogP) is 2.49. The molecule has 2 amide bonds.